The molecule has 2 rings (SSSR count). The summed E-state index contributed by atoms with van der Waals surface area (Å²) in [6.45, 7) is 0. The molecule has 0 aromatic heterocycles. The Morgan fingerprint density at radius 3 is 1.95 bits per heavy atom. The highest BCUT2D eigenvalue weighted by Crippen LogP contribution is 2.33. The van der Waals surface area contributed by atoms with Crippen molar-refractivity contribution in [1.29, 1.82) is 0 Å². The summed E-state index contributed by atoms with van der Waals surface area (Å²) in [5.74, 6) is -0.316. The maximum absolute atomic E-state index is 12.1. The summed E-state index contributed by atoms with van der Waals surface area (Å²) in [7, 11) is 0. The van der Waals surface area contributed by atoms with Crippen molar-refractivity contribution in [3.8, 4) is 5.75 Å². The van der Waals surface area contributed by atoms with Gasteiger partial charge in [-0.15, -0.1) is 13.2 Å². The minimum Gasteiger partial charge on any atom is -0.406 e. The molecular weight excluding hydrogens is 326 g/mol. The Kier molecular flexibility index (Phi) is 4.66. The van der Waals surface area contributed by atoms with Crippen LogP contribution in [-0.2, 0) is 0 Å². The highest BCUT2D eigenvalue weighted by molar-refractivity contribution is 6.36. The summed E-state index contributed by atoms with van der Waals surface area (Å²) in [5, 5.41) is 0.788. The fourth-order valence-electron chi connectivity index (χ4n) is 1.85. The molecule has 0 aliphatic heterocycles. The van der Waals surface area contributed by atoms with Crippen LogP contribution in [0.1, 0.15) is 17.2 Å². The molecule has 0 saturated carbocycles. The topological polar surface area (TPSA) is 35.2 Å². The van der Waals surface area contributed by atoms with E-state index in [1.165, 1.54) is 24.3 Å². The van der Waals surface area contributed by atoms with E-state index >= 15 is 0 Å². The first-order valence-electron chi connectivity index (χ1n) is 5.83. The standard InChI is InChI=1S/C14H10Cl2F3NO/c15-10-2-1-3-11(16)12(10)13(20)8-4-6-9(7-5-8)21-14(17,18)19/h1-7,13H,20H2/t13-/m0/s1. The lowest BCUT2D eigenvalue weighted by molar-refractivity contribution is -0.274. The Morgan fingerprint density at radius 1 is 0.952 bits per heavy atom. The largest absolute Gasteiger partial charge is 0.573 e. The summed E-state index contributed by atoms with van der Waals surface area (Å²) in [5.41, 5.74) is 7.15. The van der Waals surface area contributed by atoms with Crippen LogP contribution in [0.15, 0.2) is 42.5 Å². The fraction of sp³-hybridized carbons (Fsp3) is 0.143. The molecule has 0 saturated heterocycles. The third-order valence-electron chi connectivity index (χ3n) is 2.78. The van der Waals surface area contributed by atoms with E-state index in [1.807, 2.05) is 0 Å². The van der Waals surface area contributed by atoms with Gasteiger partial charge in [0, 0.05) is 15.6 Å². The van der Waals surface area contributed by atoms with Crippen LogP contribution in [-0.4, -0.2) is 6.36 Å². The Bertz CT molecular complexity index is 609. The molecule has 0 spiro atoms. The summed E-state index contributed by atoms with van der Waals surface area (Å²) >= 11 is 12.1. The second-order valence-electron chi connectivity index (χ2n) is 4.23. The van der Waals surface area contributed by atoms with Crippen molar-refractivity contribution >= 4 is 23.2 Å². The molecule has 2 aromatic rings. The highest BCUT2D eigenvalue weighted by Gasteiger charge is 2.31. The molecule has 7 heteroatoms. The molecule has 2 N–H and O–H groups in total. The van der Waals surface area contributed by atoms with Gasteiger partial charge < -0.3 is 10.5 Å². The van der Waals surface area contributed by atoms with Gasteiger partial charge in [0.15, 0.2) is 0 Å². The first-order valence-corrected chi connectivity index (χ1v) is 6.59. The van der Waals surface area contributed by atoms with Gasteiger partial charge in [-0.25, -0.2) is 0 Å². The number of benzene rings is 2. The van der Waals surface area contributed by atoms with E-state index in [-0.39, 0.29) is 5.75 Å². The van der Waals surface area contributed by atoms with E-state index in [0.717, 1.165) is 0 Å². The molecule has 2 nitrogen and oxygen atoms in total. The van der Waals surface area contributed by atoms with Crippen molar-refractivity contribution in [3.05, 3.63) is 63.6 Å². The number of rotatable bonds is 3. The second-order valence-corrected chi connectivity index (χ2v) is 5.04. The molecule has 0 aliphatic rings. The summed E-state index contributed by atoms with van der Waals surface area (Å²) in [6.07, 6.45) is -4.73. The molecule has 2 aromatic carbocycles. The molecule has 0 aliphatic carbocycles. The minimum atomic E-state index is -4.73. The van der Waals surface area contributed by atoms with Gasteiger partial charge in [-0.05, 0) is 29.8 Å². The lowest BCUT2D eigenvalue weighted by Crippen LogP contribution is -2.17. The predicted octanol–water partition coefficient (Wildman–Crippen LogP) is 4.94. The van der Waals surface area contributed by atoms with Gasteiger partial charge in [0.1, 0.15) is 5.75 Å². The van der Waals surface area contributed by atoms with E-state index < -0.39 is 12.4 Å². The van der Waals surface area contributed by atoms with E-state index in [0.29, 0.717) is 21.2 Å². The van der Waals surface area contributed by atoms with E-state index in [1.54, 1.807) is 18.2 Å². The molecule has 0 fully saturated rings. The van der Waals surface area contributed by atoms with Gasteiger partial charge >= 0.3 is 6.36 Å². The van der Waals surface area contributed by atoms with E-state index in [2.05, 4.69) is 4.74 Å². The SMILES string of the molecule is N[C@@H](c1ccc(OC(F)(F)F)cc1)c1c(Cl)cccc1Cl. The third-order valence-corrected chi connectivity index (χ3v) is 3.44. The Hall–Kier alpha value is -1.43. The predicted molar refractivity (Wildman–Crippen MR) is 75.6 cm³/mol. The normalized spacial score (nSPS) is 13.0. The van der Waals surface area contributed by atoms with Crippen molar-refractivity contribution in [1.82, 2.24) is 0 Å². The zero-order valence-corrected chi connectivity index (χ0v) is 12.0. The molecule has 0 unspecified atom stereocenters. The van der Waals surface area contributed by atoms with Gasteiger partial charge in [0.05, 0.1) is 6.04 Å². The number of nitrogens with two attached hydrogens (primary N) is 1. The van der Waals surface area contributed by atoms with Crippen LogP contribution >= 0.6 is 23.2 Å². The first kappa shape index (κ1) is 15.9. The third kappa shape index (κ3) is 4.03. The lowest BCUT2D eigenvalue weighted by atomic mass is 9.99. The highest BCUT2D eigenvalue weighted by atomic mass is 35.5. The number of alkyl halides is 3. The number of hydrogen-bond donors (Lipinski definition) is 1. The van der Waals surface area contributed by atoms with E-state index in [4.69, 9.17) is 28.9 Å². The quantitative estimate of drug-likeness (QED) is 0.862. The van der Waals surface area contributed by atoms with Crippen LogP contribution in [0.3, 0.4) is 0 Å². The first-order chi connectivity index (χ1) is 9.78. The number of ether oxygens (including phenoxy) is 1. The summed E-state index contributed by atoms with van der Waals surface area (Å²) < 4.78 is 40.1. The second kappa shape index (κ2) is 6.13. The molecule has 0 bridgehead atoms. The van der Waals surface area contributed by atoms with Gasteiger partial charge in [0.2, 0.25) is 0 Å². The average Bonchev–Trinajstić information content (AvgIpc) is 2.37. The summed E-state index contributed by atoms with van der Waals surface area (Å²) in [4.78, 5) is 0. The molecular formula is C14H10Cl2F3NO. The van der Waals surface area contributed by atoms with Gasteiger partial charge in [-0.1, -0.05) is 41.4 Å². The van der Waals surface area contributed by atoms with Crippen LogP contribution in [0, 0.1) is 0 Å². The van der Waals surface area contributed by atoms with Crippen LogP contribution in [0.5, 0.6) is 5.75 Å². The van der Waals surface area contributed by atoms with Gasteiger partial charge in [0.25, 0.3) is 0 Å². The molecule has 1 atom stereocenters. The maximum atomic E-state index is 12.1. The average molecular weight is 336 g/mol. The minimum absolute atomic E-state index is 0.316. The smallest absolute Gasteiger partial charge is 0.406 e. The van der Waals surface area contributed by atoms with Crippen molar-refractivity contribution < 1.29 is 17.9 Å². The Balaban J connectivity index is 2.26. The Morgan fingerprint density at radius 2 is 1.48 bits per heavy atom. The van der Waals surface area contributed by atoms with Crippen molar-refractivity contribution in [3.63, 3.8) is 0 Å². The van der Waals surface area contributed by atoms with Crippen LogP contribution in [0.25, 0.3) is 0 Å². The van der Waals surface area contributed by atoms with Crippen molar-refractivity contribution in [2.24, 2.45) is 5.73 Å². The van der Waals surface area contributed by atoms with Crippen LogP contribution < -0.4 is 10.5 Å². The molecule has 21 heavy (non-hydrogen) atoms. The van der Waals surface area contributed by atoms with Gasteiger partial charge in [-0.2, -0.15) is 0 Å². The van der Waals surface area contributed by atoms with Crippen LogP contribution in [0.2, 0.25) is 10.0 Å². The zero-order valence-electron chi connectivity index (χ0n) is 10.5. The molecule has 0 radical (unpaired) electrons. The monoisotopic (exact) mass is 335 g/mol. The number of hydrogen-bond acceptors (Lipinski definition) is 2. The van der Waals surface area contributed by atoms with E-state index in [9.17, 15) is 13.2 Å². The Labute approximate surface area is 129 Å². The fourth-order valence-corrected chi connectivity index (χ4v) is 2.48. The van der Waals surface area contributed by atoms with Crippen molar-refractivity contribution in [2.75, 3.05) is 0 Å². The maximum Gasteiger partial charge on any atom is 0.573 e. The van der Waals surface area contributed by atoms with Crippen LogP contribution in [0.4, 0.5) is 13.2 Å². The van der Waals surface area contributed by atoms with Gasteiger partial charge in [-0.3, -0.25) is 0 Å². The molecule has 0 amide bonds. The molecule has 0 heterocycles. The lowest BCUT2D eigenvalue weighted by Gasteiger charge is -2.16. The summed E-state index contributed by atoms with van der Waals surface area (Å²) in [6, 6.07) is 9.57. The van der Waals surface area contributed by atoms with Crippen molar-refractivity contribution in [2.45, 2.75) is 12.4 Å². The zero-order chi connectivity index (χ0) is 15.6. The number of halogens is 5. The molecule has 112 valence electrons.